The SMILES string of the molecule is CCC(=O)N[C@@H](C(=O)N1CCC(C)(O)CC1)[C@@H](C)c1ccc(NC(=O)C(NC(=O)C(F)(F)c2nc(C)cs2)C2CCC(C)CC2)c(F)c1. The molecule has 0 bridgehead atoms. The highest BCUT2D eigenvalue weighted by atomic mass is 32.1. The van der Waals surface area contributed by atoms with Crippen LogP contribution >= 0.6 is 11.3 Å². The Balaban J connectivity index is 1.53. The number of rotatable bonds is 11. The third-order valence-corrected chi connectivity index (χ3v) is 10.6. The van der Waals surface area contributed by atoms with Gasteiger partial charge in [0.2, 0.25) is 17.7 Å². The predicted octanol–water partition coefficient (Wildman–Crippen LogP) is 5.00. The largest absolute Gasteiger partial charge is 0.390 e. The van der Waals surface area contributed by atoms with Crippen molar-refractivity contribution in [3.63, 3.8) is 0 Å². The fraction of sp³-hybridized carbons (Fsp3) is 0.618. The van der Waals surface area contributed by atoms with Crippen LogP contribution in [0.25, 0.3) is 0 Å². The van der Waals surface area contributed by atoms with E-state index in [1.165, 1.54) is 24.4 Å². The van der Waals surface area contributed by atoms with Crippen molar-refractivity contribution in [1.82, 2.24) is 20.5 Å². The summed E-state index contributed by atoms with van der Waals surface area (Å²) in [5, 5.41) is 18.5. The Morgan fingerprint density at radius 3 is 2.33 bits per heavy atom. The number of aliphatic hydroxyl groups is 1. The Morgan fingerprint density at radius 1 is 1.12 bits per heavy atom. The minimum absolute atomic E-state index is 0.136. The molecule has 1 saturated heterocycles. The average molecular weight is 694 g/mol. The first-order chi connectivity index (χ1) is 22.5. The molecule has 0 spiro atoms. The molecule has 2 fully saturated rings. The Hall–Kier alpha value is -3.52. The molecular formula is C34H46F3N5O5S. The molecule has 1 aromatic carbocycles. The van der Waals surface area contributed by atoms with Gasteiger partial charge >= 0.3 is 5.92 Å². The number of carbonyl (C=O) groups excluding carboxylic acids is 4. The summed E-state index contributed by atoms with van der Waals surface area (Å²) in [5.41, 5.74) is -0.378. The van der Waals surface area contributed by atoms with Crippen LogP contribution in [0.5, 0.6) is 0 Å². The summed E-state index contributed by atoms with van der Waals surface area (Å²) in [6, 6.07) is 1.66. The zero-order chi connectivity index (χ0) is 35.4. The monoisotopic (exact) mass is 693 g/mol. The van der Waals surface area contributed by atoms with E-state index in [1.807, 2.05) is 0 Å². The summed E-state index contributed by atoms with van der Waals surface area (Å²) in [5.74, 6) is -8.68. The van der Waals surface area contributed by atoms with Crippen LogP contribution in [-0.4, -0.2) is 69.4 Å². The molecule has 264 valence electrons. The van der Waals surface area contributed by atoms with Gasteiger partial charge in [0.05, 0.1) is 11.3 Å². The third-order valence-electron chi connectivity index (χ3n) is 9.61. The van der Waals surface area contributed by atoms with Gasteiger partial charge in [0, 0.05) is 36.5 Å². The molecule has 1 unspecified atom stereocenters. The number of carbonyl (C=O) groups is 4. The number of anilines is 1. The number of halogens is 3. The van der Waals surface area contributed by atoms with E-state index in [9.17, 15) is 24.3 Å². The summed E-state index contributed by atoms with van der Waals surface area (Å²) in [4.78, 5) is 57.7. The van der Waals surface area contributed by atoms with Crippen molar-refractivity contribution >= 4 is 40.7 Å². The number of amides is 4. The molecule has 2 heterocycles. The number of aromatic nitrogens is 1. The second kappa shape index (κ2) is 15.4. The summed E-state index contributed by atoms with van der Waals surface area (Å²) in [7, 11) is 0. The van der Waals surface area contributed by atoms with E-state index in [4.69, 9.17) is 0 Å². The Morgan fingerprint density at radius 2 is 1.77 bits per heavy atom. The van der Waals surface area contributed by atoms with Crippen LogP contribution < -0.4 is 16.0 Å². The van der Waals surface area contributed by atoms with Gasteiger partial charge in [-0.05, 0) is 69.1 Å². The van der Waals surface area contributed by atoms with E-state index < -0.39 is 58.1 Å². The normalized spacial score (nSPS) is 21.5. The molecule has 1 saturated carbocycles. The minimum Gasteiger partial charge on any atom is -0.390 e. The van der Waals surface area contributed by atoms with Crippen molar-refractivity contribution in [3.05, 3.63) is 45.7 Å². The molecule has 3 atom stereocenters. The fourth-order valence-electron chi connectivity index (χ4n) is 6.24. The molecule has 0 radical (unpaired) electrons. The smallest absolute Gasteiger partial charge is 0.375 e. The lowest BCUT2D eigenvalue weighted by Gasteiger charge is -2.38. The minimum atomic E-state index is -3.96. The molecule has 1 aliphatic heterocycles. The maximum atomic E-state index is 15.6. The third kappa shape index (κ3) is 8.93. The Labute approximate surface area is 283 Å². The molecule has 2 aliphatic rings. The number of aryl methyl sites for hydroxylation is 1. The lowest BCUT2D eigenvalue weighted by Crippen LogP contribution is -2.54. The first-order valence-corrected chi connectivity index (χ1v) is 17.4. The van der Waals surface area contributed by atoms with Crippen LogP contribution in [0.3, 0.4) is 0 Å². The average Bonchev–Trinajstić information content (AvgIpc) is 3.50. The van der Waals surface area contributed by atoms with Gasteiger partial charge < -0.3 is 26.0 Å². The van der Waals surface area contributed by atoms with Gasteiger partial charge in [-0.15, -0.1) is 11.3 Å². The maximum absolute atomic E-state index is 15.6. The molecule has 1 aliphatic carbocycles. The highest BCUT2D eigenvalue weighted by Crippen LogP contribution is 2.35. The van der Waals surface area contributed by atoms with E-state index >= 15 is 13.2 Å². The Kier molecular flexibility index (Phi) is 11.9. The van der Waals surface area contributed by atoms with Gasteiger partial charge in [-0.3, -0.25) is 19.2 Å². The molecule has 1 aromatic heterocycles. The van der Waals surface area contributed by atoms with Gasteiger partial charge in [0.1, 0.15) is 17.9 Å². The second-order valence-corrected chi connectivity index (χ2v) is 14.4. The first kappa shape index (κ1) is 37.3. The van der Waals surface area contributed by atoms with Gasteiger partial charge in [0.25, 0.3) is 5.91 Å². The van der Waals surface area contributed by atoms with Gasteiger partial charge in [-0.25, -0.2) is 9.37 Å². The number of hydrogen-bond donors (Lipinski definition) is 4. The van der Waals surface area contributed by atoms with Crippen molar-refractivity contribution in [2.45, 2.75) is 109 Å². The molecule has 4 rings (SSSR count). The Bertz CT molecular complexity index is 1480. The van der Waals surface area contributed by atoms with E-state index in [1.54, 1.807) is 25.7 Å². The van der Waals surface area contributed by atoms with Crippen molar-refractivity contribution < 1.29 is 37.5 Å². The number of nitrogens with zero attached hydrogens (tertiary/aromatic N) is 2. The predicted molar refractivity (Wildman–Crippen MR) is 176 cm³/mol. The topological polar surface area (TPSA) is 141 Å². The zero-order valence-corrected chi connectivity index (χ0v) is 28.9. The number of thiazole rings is 1. The van der Waals surface area contributed by atoms with Gasteiger partial charge in [-0.2, -0.15) is 8.78 Å². The van der Waals surface area contributed by atoms with Crippen LogP contribution in [0.4, 0.5) is 18.9 Å². The number of nitrogens with one attached hydrogen (secondary N) is 3. The highest BCUT2D eigenvalue weighted by molar-refractivity contribution is 7.09. The van der Waals surface area contributed by atoms with E-state index in [2.05, 4.69) is 27.9 Å². The molecule has 2 aromatic rings. The molecule has 48 heavy (non-hydrogen) atoms. The van der Waals surface area contributed by atoms with E-state index in [-0.39, 0.29) is 23.9 Å². The molecule has 4 N–H and O–H groups in total. The maximum Gasteiger partial charge on any atom is 0.375 e. The van der Waals surface area contributed by atoms with Crippen molar-refractivity contribution in [1.29, 1.82) is 0 Å². The summed E-state index contributed by atoms with van der Waals surface area (Å²) >= 11 is 0.651. The quantitative estimate of drug-likeness (QED) is 0.261. The summed E-state index contributed by atoms with van der Waals surface area (Å²) in [6.45, 7) is 9.26. The molecule has 10 nitrogen and oxygen atoms in total. The first-order valence-electron chi connectivity index (χ1n) is 16.5. The number of likely N-dealkylation sites (tertiary alicyclic amines) is 1. The number of piperidine rings is 1. The number of hydrogen-bond acceptors (Lipinski definition) is 7. The lowest BCUT2D eigenvalue weighted by atomic mass is 9.79. The standard InChI is InChI=1S/C34H46F3N5O5S/c1-6-26(43)40-27(30(45)42-15-13-33(5,47)14-16-42)21(4)23-11-12-25(24(35)17-23)39-29(44)28(22-9-7-19(2)8-10-22)41-31(46)34(36,37)32-38-20(3)18-48-32/h11-12,17-19,21-22,27-28,47H,6-10,13-16H2,1-5H3,(H,39,44)(H,40,43)(H,41,46)/t19?,21-,22?,27+,28?/m0/s1. The van der Waals surface area contributed by atoms with Crippen LogP contribution in [0, 0.1) is 24.6 Å². The van der Waals surface area contributed by atoms with Crippen LogP contribution in [0.15, 0.2) is 23.6 Å². The fourth-order valence-corrected chi connectivity index (χ4v) is 7.02. The van der Waals surface area contributed by atoms with Gasteiger partial charge in [0.15, 0.2) is 5.01 Å². The number of alkyl halides is 2. The van der Waals surface area contributed by atoms with Crippen LogP contribution in [0.1, 0.15) is 94.8 Å². The number of benzene rings is 1. The molecular weight excluding hydrogens is 647 g/mol. The highest BCUT2D eigenvalue weighted by Gasteiger charge is 2.46. The van der Waals surface area contributed by atoms with E-state index in [0.717, 1.165) is 18.9 Å². The zero-order valence-electron chi connectivity index (χ0n) is 28.1. The second-order valence-electron chi connectivity index (χ2n) is 13.6. The molecule has 14 heteroatoms. The van der Waals surface area contributed by atoms with E-state index in [0.29, 0.717) is 67.3 Å². The van der Waals surface area contributed by atoms with Crippen molar-refractivity contribution in [3.8, 4) is 0 Å². The van der Waals surface area contributed by atoms with Crippen LogP contribution in [0.2, 0.25) is 0 Å². The summed E-state index contributed by atoms with van der Waals surface area (Å²) in [6.07, 6.45) is 3.44. The van der Waals surface area contributed by atoms with Crippen molar-refractivity contribution in [2.24, 2.45) is 11.8 Å². The molecule has 4 amide bonds. The summed E-state index contributed by atoms with van der Waals surface area (Å²) < 4.78 is 45.8. The van der Waals surface area contributed by atoms with Gasteiger partial charge in [-0.1, -0.05) is 39.7 Å². The lowest BCUT2D eigenvalue weighted by molar-refractivity contribution is -0.149. The van der Waals surface area contributed by atoms with Crippen molar-refractivity contribution in [2.75, 3.05) is 18.4 Å². The van der Waals surface area contributed by atoms with Crippen LogP contribution in [-0.2, 0) is 25.1 Å².